The van der Waals surface area contributed by atoms with E-state index in [9.17, 15) is 4.79 Å². The molecule has 68 valence electrons. The molecule has 1 atom stereocenters. The molecule has 0 saturated carbocycles. The van der Waals surface area contributed by atoms with Gasteiger partial charge in [0, 0.05) is 12.4 Å². The summed E-state index contributed by atoms with van der Waals surface area (Å²) < 4.78 is 0. The highest BCUT2D eigenvalue weighted by Gasteiger charge is 2.23. The molecule has 1 aromatic rings. The van der Waals surface area contributed by atoms with Crippen LogP contribution in [0.4, 0.5) is 0 Å². The fourth-order valence-corrected chi connectivity index (χ4v) is 1.54. The molecule has 13 heavy (non-hydrogen) atoms. The smallest absolute Gasteiger partial charge is 0.182 e. The zero-order valence-corrected chi connectivity index (χ0v) is 7.23. The van der Waals surface area contributed by atoms with E-state index in [1.165, 1.54) is 6.33 Å². The van der Waals surface area contributed by atoms with Gasteiger partial charge in [-0.3, -0.25) is 4.79 Å². The van der Waals surface area contributed by atoms with Crippen LogP contribution in [-0.2, 0) is 0 Å². The van der Waals surface area contributed by atoms with Gasteiger partial charge in [-0.1, -0.05) is 0 Å². The fourth-order valence-electron chi connectivity index (χ4n) is 1.54. The first-order valence-electron chi connectivity index (χ1n) is 4.40. The molecule has 4 heteroatoms. The van der Waals surface area contributed by atoms with Gasteiger partial charge >= 0.3 is 0 Å². The lowest BCUT2D eigenvalue weighted by Gasteiger charge is -2.07. The first-order valence-corrected chi connectivity index (χ1v) is 4.40. The Bertz CT molecular complexity index is 293. The number of hydrogen-bond acceptors (Lipinski definition) is 4. The predicted molar refractivity (Wildman–Crippen MR) is 47.4 cm³/mol. The van der Waals surface area contributed by atoms with E-state index in [4.69, 9.17) is 0 Å². The van der Waals surface area contributed by atoms with Crippen molar-refractivity contribution in [2.75, 3.05) is 6.54 Å². The van der Waals surface area contributed by atoms with E-state index in [0.29, 0.717) is 5.56 Å². The minimum absolute atomic E-state index is 0.0222. The lowest BCUT2D eigenvalue weighted by atomic mass is 10.1. The third-order valence-corrected chi connectivity index (χ3v) is 2.22. The van der Waals surface area contributed by atoms with Crippen molar-refractivity contribution in [2.24, 2.45) is 0 Å². The summed E-state index contributed by atoms with van der Waals surface area (Å²) in [5, 5.41) is 3.15. The number of nitrogens with zero attached hydrogens (tertiary/aromatic N) is 2. The second-order valence-electron chi connectivity index (χ2n) is 3.14. The van der Waals surface area contributed by atoms with Gasteiger partial charge in [0.1, 0.15) is 6.33 Å². The molecule has 2 rings (SSSR count). The SMILES string of the molecule is O=C(c1cncnc1)C1CCCN1. The average molecular weight is 177 g/mol. The Kier molecular flexibility index (Phi) is 2.31. The van der Waals surface area contributed by atoms with Crippen LogP contribution in [0, 0.1) is 0 Å². The van der Waals surface area contributed by atoms with E-state index in [-0.39, 0.29) is 11.8 Å². The molecule has 4 nitrogen and oxygen atoms in total. The summed E-state index contributed by atoms with van der Waals surface area (Å²) in [5.41, 5.74) is 0.599. The van der Waals surface area contributed by atoms with E-state index in [0.717, 1.165) is 19.4 Å². The Morgan fingerprint density at radius 3 is 2.85 bits per heavy atom. The Labute approximate surface area is 76.4 Å². The number of aromatic nitrogens is 2. The average Bonchev–Trinajstić information content (AvgIpc) is 2.71. The van der Waals surface area contributed by atoms with E-state index in [1.807, 2.05) is 0 Å². The van der Waals surface area contributed by atoms with E-state index < -0.39 is 0 Å². The van der Waals surface area contributed by atoms with Gasteiger partial charge < -0.3 is 5.32 Å². The molecule has 1 aromatic heterocycles. The van der Waals surface area contributed by atoms with Crippen molar-refractivity contribution in [3.8, 4) is 0 Å². The van der Waals surface area contributed by atoms with Crippen LogP contribution >= 0.6 is 0 Å². The highest BCUT2D eigenvalue weighted by atomic mass is 16.1. The summed E-state index contributed by atoms with van der Waals surface area (Å²) in [6.07, 6.45) is 6.56. The molecule has 1 aliphatic heterocycles. The van der Waals surface area contributed by atoms with Crippen LogP contribution in [-0.4, -0.2) is 28.3 Å². The maximum Gasteiger partial charge on any atom is 0.182 e. The highest BCUT2D eigenvalue weighted by molar-refractivity contribution is 5.99. The molecule has 0 aromatic carbocycles. The zero-order chi connectivity index (χ0) is 9.10. The van der Waals surface area contributed by atoms with Crippen molar-refractivity contribution < 1.29 is 4.79 Å². The number of Topliss-reactive ketones (excluding diaryl/α,β-unsaturated/α-hetero) is 1. The Morgan fingerprint density at radius 1 is 1.46 bits per heavy atom. The largest absolute Gasteiger partial charge is 0.307 e. The summed E-state index contributed by atoms with van der Waals surface area (Å²) in [5.74, 6) is 0.109. The second kappa shape index (κ2) is 3.62. The third-order valence-electron chi connectivity index (χ3n) is 2.22. The molecule has 1 aliphatic rings. The van der Waals surface area contributed by atoms with Crippen LogP contribution in [0.25, 0.3) is 0 Å². The molecule has 2 heterocycles. The third kappa shape index (κ3) is 1.72. The monoisotopic (exact) mass is 177 g/mol. The van der Waals surface area contributed by atoms with Crippen LogP contribution in [0.5, 0.6) is 0 Å². The highest BCUT2D eigenvalue weighted by Crippen LogP contribution is 2.10. The number of hydrogen-bond donors (Lipinski definition) is 1. The van der Waals surface area contributed by atoms with Crippen molar-refractivity contribution in [1.82, 2.24) is 15.3 Å². The maximum absolute atomic E-state index is 11.7. The minimum atomic E-state index is -0.0222. The van der Waals surface area contributed by atoms with Gasteiger partial charge in [0.25, 0.3) is 0 Å². The molecule has 0 radical (unpaired) electrons. The number of ketones is 1. The molecule has 0 aliphatic carbocycles. The molecule has 0 bridgehead atoms. The summed E-state index contributed by atoms with van der Waals surface area (Å²) in [7, 11) is 0. The molecule has 1 saturated heterocycles. The van der Waals surface area contributed by atoms with E-state index in [2.05, 4.69) is 15.3 Å². The molecule has 1 fully saturated rings. The minimum Gasteiger partial charge on any atom is -0.307 e. The normalized spacial score (nSPS) is 21.7. The van der Waals surface area contributed by atoms with Gasteiger partial charge in [-0.25, -0.2) is 9.97 Å². The number of rotatable bonds is 2. The van der Waals surface area contributed by atoms with Gasteiger partial charge in [0.15, 0.2) is 5.78 Å². The van der Waals surface area contributed by atoms with Crippen molar-refractivity contribution in [2.45, 2.75) is 18.9 Å². The Morgan fingerprint density at radius 2 is 2.23 bits per heavy atom. The molecule has 0 spiro atoms. The molecule has 1 unspecified atom stereocenters. The van der Waals surface area contributed by atoms with Crippen molar-refractivity contribution >= 4 is 5.78 Å². The summed E-state index contributed by atoms with van der Waals surface area (Å²) in [6.45, 7) is 0.935. The fraction of sp³-hybridized carbons (Fsp3) is 0.444. The van der Waals surface area contributed by atoms with E-state index in [1.54, 1.807) is 12.4 Å². The predicted octanol–water partition coefficient (Wildman–Crippen LogP) is 0.411. The van der Waals surface area contributed by atoms with Crippen molar-refractivity contribution in [3.63, 3.8) is 0 Å². The standard InChI is InChI=1S/C9H11N3O/c13-9(8-2-1-3-12-8)7-4-10-6-11-5-7/h4-6,8,12H,1-3H2. The first kappa shape index (κ1) is 8.31. The van der Waals surface area contributed by atoms with Crippen LogP contribution in [0.2, 0.25) is 0 Å². The first-order chi connectivity index (χ1) is 6.38. The maximum atomic E-state index is 11.7. The Balaban J connectivity index is 2.13. The van der Waals surface area contributed by atoms with Gasteiger partial charge in [0.2, 0.25) is 0 Å². The number of carbonyl (C=O) groups excluding carboxylic acids is 1. The van der Waals surface area contributed by atoms with Crippen molar-refractivity contribution in [1.29, 1.82) is 0 Å². The molecule has 0 amide bonds. The van der Waals surface area contributed by atoms with Crippen molar-refractivity contribution in [3.05, 3.63) is 24.3 Å². The van der Waals surface area contributed by atoms with Crippen LogP contribution in [0.1, 0.15) is 23.2 Å². The molecule has 1 N–H and O–H groups in total. The number of carbonyl (C=O) groups is 1. The quantitative estimate of drug-likeness (QED) is 0.665. The lowest BCUT2D eigenvalue weighted by molar-refractivity contribution is 0.0951. The van der Waals surface area contributed by atoms with Gasteiger partial charge in [-0.2, -0.15) is 0 Å². The topological polar surface area (TPSA) is 54.9 Å². The van der Waals surface area contributed by atoms with Gasteiger partial charge in [0.05, 0.1) is 11.6 Å². The van der Waals surface area contributed by atoms with Gasteiger partial charge in [-0.05, 0) is 19.4 Å². The van der Waals surface area contributed by atoms with Crippen LogP contribution in [0.15, 0.2) is 18.7 Å². The molecular weight excluding hydrogens is 166 g/mol. The summed E-state index contributed by atoms with van der Waals surface area (Å²) in [4.78, 5) is 19.3. The Hall–Kier alpha value is -1.29. The van der Waals surface area contributed by atoms with Gasteiger partial charge in [-0.15, -0.1) is 0 Å². The second-order valence-corrected chi connectivity index (χ2v) is 3.14. The number of nitrogens with one attached hydrogen (secondary N) is 1. The van der Waals surface area contributed by atoms with Crippen LogP contribution < -0.4 is 5.32 Å². The lowest BCUT2D eigenvalue weighted by Crippen LogP contribution is -2.30. The summed E-state index contributed by atoms with van der Waals surface area (Å²) >= 11 is 0. The van der Waals surface area contributed by atoms with E-state index >= 15 is 0 Å². The van der Waals surface area contributed by atoms with Crippen LogP contribution in [0.3, 0.4) is 0 Å². The molecular formula is C9H11N3O. The summed E-state index contributed by atoms with van der Waals surface area (Å²) in [6, 6.07) is -0.0222. The zero-order valence-electron chi connectivity index (χ0n) is 7.23.